The van der Waals surface area contributed by atoms with Crippen molar-refractivity contribution < 1.29 is 14.7 Å². The van der Waals surface area contributed by atoms with E-state index in [4.69, 9.17) is 23.2 Å². The summed E-state index contributed by atoms with van der Waals surface area (Å²) in [6.45, 7) is 9.56. The van der Waals surface area contributed by atoms with Crippen LogP contribution in [0.3, 0.4) is 0 Å². The van der Waals surface area contributed by atoms with E-state index < -0.39 is 29.1 Å². The van der Waals surface area contributed by atoms with Gasteiger partial charge in [0.25, 0.3) is 0 Å². The molecule has 2 fully saturated rings. The molecule has 1 aliphatic heterocycles. The van der Waals surface area contributed by atoms with Gasteiger partial charge in [-0.15, -0.1) is 5.10 Å². The molecule has 0 unspecified atom stereocenters. The third-order valence-electron chi connectivity index (χ3n) is 6.73. The van der Waals surface area contributed by atoms with Crippen molar-refractivity contribution in [2.24, 2.45) is 5.41 Å². The highest BCUT2D eigenvalue weighted by atomic mass is 35.5. The molecular formula is C25H33Cl2N5O3. The summed E-state index contributed by atoms with van der Waals surface area (Å²) in [5, 5.41) is 22.9. The van der Waals surface area contributed by atoms with Crippen molar-refractivity contribution in [3.63, 3.8) is 0 Å². The summed E-state index contributed by atoms with van der Waals surface area (Å²) in [6.07, 6.45) is 3.35. The smallest absolute Gasteiger partial charge is 0.248 e. The Kier molecular flexibility index (Phi) is 6.94. The molecule has 4 rings (SSSR count). The van der Waals surface area contributed by atoms with E-state index >= 15 is 0 Å². The van der Waals surface area contributed by atoms with E-state index in [9.17, 15) is 14.7 Å². The number of aromatic nitrogens is 3. The van der Waals surface area contributed by atoms with Crippen LogP contribution in [0.25, 0.3) is 0 Å². The largest absolute Gasteiger partial charge is 0.391 e. The van der Waals surface area contributed by atoms with Crippen LogP contribution in [-0.4, -0.2) is 55.5 Å². The van der Waals surface area contributed by atoms with Crippen LogP contribution >= 0.6 is 23.2 Å². The molecule has 0 radical (unpaired) electrons. The SMILES string of the molecule is CC(C)(NC(=O)[C@@H]1C[C@@H](O)CN1C(=O)[C@@H](n1cc(C2CC2)nn1)C(C)(C)C)c1c(Cl)cccc1Cl. The predicted octanol–water partition coefficient (Wildman–Crippen LogP) is 4.06. The lowest BCUT2D eigenvalue weighted by Gasteiger charge is -2.36. The zero-order valence-electron chi connectivity index (χ0n) is 20.8. The van der Waals surface area contributed by atoms with Crippen molar-refractivity contribution in [3.8, 4) is 0 Å². The Morgan fingerprint density at radius 1 is 1.14 bits per heavy atom. The first-order valence-corrected chi connectivity index (χ1v) is 12.7. The molecule has 35 heavy (non-hydrogen) atoms. The average Bonchev–Trinajstić information content (AvgIpc) is 3.33. The van der Waals surface area contributed by atoms with Crippen LogP contribution in [0.2, 0.25) is 10.0 Å². The zero-order chi connectivity index (χ0) is 25.7. The fourth-order valence-electron chi connectivity index (χ4n) is 4.87. The van der Waals surface area contributed by atoms with Crippen molar-refractivity contribution in [3.05, 3.63) is 45.7 Å². The molecule has 1 saturated heterocycles. The summed E-state index contributed by atoms with van der Waals surface area (Å²) in [7, 11) is 0. The van der Waals surface area contributed by atoms with Crippen LogP contribution in [0.15, 0.2) is 24.4 Å². The highest BCUT2D eigenvalue weighted by molar-refractivity contribution is 6.36. The minimum atomic E-state index is -0.900. The monoisotopic (exact) mass is 521 g/mol. The molecule has 8 nitrogen and oxygen atoms in total. The number of nitrogens with zero attached hydrogens (tertiary/aromatic N) is 4. The number of aliphatic hydroxyl groups excluding tert-OH is 1. The van der Waals surface area contributed by atoms with E-state index in [2.05, 4.69) is 15.6 Å². The second-order valence-electron chi connectivity index (χ2n) is 11.3. The van der Waals surface area contributed by atoms with Gasteiger partial charge < -0.3 is 15.3 Å². The van der Waals surface area contributed by atoms with Gasteiger partial charge in [0.05, 0.1) is 17.3 Å². The molecular weight excluding hydrogens is 489 g/mol. The number of halogens is 2. The quantitative estimate of drug-likeness (QED) is 0.596. The van der Waals surface area contributed by atoms with E-state index in [1.54, 1.807) is 22.9 Å². The third kappa shape index (κ3) is 5.34. The summed E-state index contributed by atoms with van der Waals surface area (Å²) in [5.74, 6) is -0.235. The van der Waals surface area contributed by atoms with Gasteiger partial charge in [-0.05, 0) is 44.2 Å². The normalized spacial score (nSPS) is 21.8. The van der Waals surface area contributed by atoms with Gasteiger partial charge >= 0.3 is 0 Å². The molecule has 2 heterocycles. The molecule has 2 aromatic rings. The Morgan fingerprint density at radius 2 is 1.77 bits per heavy atom. The highest BCUT2D eigenvalue weighted by Crippen LogP contribution is 2.40. The van der Waals surface area contributed by atoms with E-state index in [0.717, 1.165) is 18.5 Å². The molecule has 2 aliphatic rings. The van der Waals surface area contributed by atoms with Gasteiger partial charge in [0.15, 0.2) is 0 Å². The molecule has 3 atom stereocenters. The van der Waals surface area contributed by atoms with Crippen molar-refractivity contribution >= 4 is 35.0 Å². The second-order valence-corrected chi connectivity index (χ2v) is 12.1. The number of carbonyl (C=O) groups excluding carboxylic acids is 2. The number of hydrogen-bond acceptors (Lipinski definition) is 5. The van der Waals surface area contributed by atoms with Gasteiger partial charge in [-0.3, -0.25) is 9.59 Å². The number of nitrogens with one attached hydrogen (secondary N) is 1. The van der Waals surface area contributed by atoms with Crippen molar-refractivity contribution in [2.45, 2.75) is 83.5 Å². The predicted molar refractivity (Wildman–Crippen MR) is 134 cm³/mol. The van der Waals surface area contributed by atoms with Gasteiger partial charge in [0.1, 0.15) is 12.1 Å². The van der Waals surface area contributed by atoms with Crippen LogP contribution in [0.1, 0.15) is 77.1 Å². The molecule has 2 amide bonds. The zero-order valence-corrected chi connectivity index (χ0v) is 22.3. The Bertz CT molecular complexity index is 1100. The Hall–Kier alpha value is -2.16. The van der Waals surface area contributed by atoms with Gasteiger partial charge in [0.2, 0.25) is 11.8 Å². The van der Waals surface area contributed by atoms with Crippen molar-refractivity contribution in [1.29, 1.82) is 0 Å². The first-order chi connectivity index (χ1) is 16.3. The number of rotatable bonds is 6. The molecule has 0 bridgehead atoms. The lowest BCUT2D eigenvalue weighted by molar-refractivity contribution is -0.144. The summed E-state index contributed by atoms with van der Waals surface area (Å²) < 4.78 is 1.61. The first-order valence-electron chi connectivity index (χ1n) is 12.0. The molecule has 2 N–H and O–H groups in total. The second kappa shape index (κ2) is 9.37. The minimum Gasteiger partial charge on any atom is -0.391 e. The highest BCUT2D eigenvalue weighted by Gasteiger charge is 2.46. The molecule has 10 heteroatoms. The van der Waals surface area contributed by atoms with Crippen LogP contribution in [0, 0.1) is 5.41 Å². The Balaban J connectivity index is 1.59. The maximum absolute atomic E-state index is 13.9. The number of amides is 2. The lowest BCUT2D eigenvalue weighted by Crippen LogP contribution is -2.53. The van der Waals surface area contributed by atoms with Gasteiger partial charge in [-0.2, -0.15) is 0 Å². The summed E-state index contributed by atoms with van der Waals surface area (Å²) in [4.78, 5) is 28.9. The Labute approximate surface area is 216 Å². The maximum atomic E-state index is 13.9. The lowest BCUT2D eigenvalue weighted by atomic mass is 9.85. The first kappa shape index (κ1) is 25.9. The number of carbonyl (C=O) groups is 2. The third-order valence-corrected chi connectivity index (χ3v) is 7.36. The standard InChI is InChI=1S/C25H33Cl2N5O3/c1-24(2,3)21(32-13-18(29-30-32)14-9-10-14)23(35)31-12-15(33)11-19(31)22(34)28-25(4,5)20-16(26)7-6-8-17(20)27/h6-8,13-15,19,21,33H,9-12H2,1-5H3,(H,28,34)/t15-,19+,21-/m1/s1. The van der Waals surface area contributed by atoms with E-state index in [0.29, 0.717) is 21.5 Å². The fourth-order valence-corrected chi connectivity index (χ4v) is 5.74. The number of benzene rings is 1. The van der Waals surface area contributed by atoms with Crippen molar-refractivity contribution in [2.75, 3.05) is 6.54 Å². The summed E-state index contributed by atoms with van der Waals surface area (Å²) in [6, 6.07) is 3.66. The van der Waals surface area contributed by atoms with E-state index in [1.165, 1.54) is 4.90 Å². The van der Waals surface area contributed by atoms with Gasteiger partial charge in [-0.1, -0.05) is 55.3 Å². The summed E-state index contributed by atoms with van der Waals surface area (Å²) >= 11 is 12.8. The average molecular weight is 522 g/mol. The topological polar surface area (TPSA) is 100 Å². The minimum absolute atomic E-state index is 0.0704. The van der Waals surface area contributed by atoms with E-state index in [1.807, 2.05) is 40.8 Å². The number of β-amino-alcohol motifs (C(OH)–C–C–N with tert-alkyl or cyclic N) is 1. The molecule has 1 saturated carbocycles. The number of likely N-dealkylation sites (tertiary alicyclic amines) is 1. The molecule has 1 aromatic carbocycles. The van der Waals surface area contributed by atoms with Gasteiger partial charge in [0, 0.05) is 40.7 Å². The number of aliphatic hydroxyl groups is 1. The van der Waals surface area contributed by atoms with Crippen LogP contribution in [0.4, 0.5) is 0 Å². The molecule has 190 valence electrons. The van der Waals surface area contributed by atoms with Crippen LogP contribution in [-0.2, 0) is 15.1 Å². The maximum Gasteiger partial charge on any atom is 0.248 e. The number of hydrogen-bond donors (Lipinski definition) is 2. The van der Waals surface area contributed by atoms with Crippen molar-refractivity contribution in [1.82, 2.24) is 25.2 Å². The fraction of sp³-hybridized carbons (Fsp3) is 0.600. The molecule has 1 aromatic heterocycles. The van der Waals surface area contributed by atoms with Crippen LogP contribution < -0.4 is 5.32 Å². The van der Waals surface area contributed by atoms with Crippen LogP contribution in [0.5, 0.6) is 0 Å². The Morgan fingerprint density at radius 3 is 2.34 bits per heavy atom. The molecule has 0 spiro atoms. The summed E-state index contributed by atoms with van der Waals surface area (Å²) in [5.41, 5.74) is 0.0884. The molecule has 1 aliphatic carbocycles. The van der Waals surface area contributed by atoms with Gasteiger partial charge in [-0.25, -0.2) is 4.68 Å². The van der Waals surface area contributed by atoms with E-state index in [-0.39, 0.29) is 24.8 Å².